The van der Waals surface area contributed by atoms with Crippen molar-refractivity contribution in [1.82, 2.24) is 10.2 Å². The first-order valence-corrected chi connectivity index (χ1v) is 6.93. The van der Waals surface area contributed by atoms with E-state index in [4.69, 9.17) is 0 Å². The first-order chi connectivity index (χ1) is 8.49. The molecule has 0 spiro atoms. The van der Waals surface area contributed by atoms with E-state index in [1.807, 2.05) is 32.9 Å². The van der Waals surface area contributed by atoms with Crippen LogP contribution in [0.3, 0.4) is 0 Å². The van der Waals surface area contributed by atoms with Crippen LogP contribution >= 0.6 is 11.3 Å². The number of nitrogens with zero attached hydrogens (tertiary/aromatic N) is 1. The molecule has 0 aliphatic carbocycles. The molecule has 2 rings (SSSR count). The molecule has 2 amide bonds. The Morgan fingerprint density at radius 3 is 2.72 bits per heavy atom. The molecule has 0 radical (unpaired) electrons. The van der Waals surface area contributed by atoms with Gasteiger partial charge < -0.3 is 10.2 Å². The van der Waals surface area contributed by atoms with E-state index < -0.39 is 0 Å². The van der Waals surface area contributed by atoms with Gasteiger partial charge in [0, 0.05) is 9.75 Å². The predicted octanol–water partition coefficient (Wildman–Crippen LogP) is 1.54. The zero-order chi connectivity index (χ0) is 13.3. The Balaban J connectivity index is 2.20. The van der Waals surface area contributed by atoms with Gasteiger partial charge in [-0.15, -0.1) is 11.3 Å². The summed E-state index contributed by atoms with van der Waals surface area (Å²) >= 11 is 1.67. The summed E-state index contributed by atoms with van der Waals surface area (Å²) in [5.41, 5.74) is 0. The van der Waals surface area contributed by atoms with Gasteiger partial charge in [0.05, 0.1) is 13.1 Å². The Kier molecular flexibility index (Phi) is 3.71. The average molecular weight is 266 g/mol. The van der Waals surface area contributed by atoms with Crippen molar-refractivity contribution in [2.75, 3.05) is 6.54 Å². The lowest BCUT2D eigenvalue weighted by Crippen LogP contribution is -2.59. The molecule has 1 N–H and O–H groups in total. The molecule has 1 aliphatic heterocycles. The third-order valence-corrected chi connectivity index (χ3v) is 4.08. The summed E-state index contributed by atoms with van der Waals surface area (Å²) in [4.78, 5) is 27.9. The molecule has 1 atom stereocenters. The summed E-state index contributed by atoms with van der Waals surface area (Å²) in [5.74, 6) is 0.0764. The topological polar surface area (TPSA) is 49.4 Å². The van der Waals surface area contributed by atoms with Crippen molar-refractivity contribution in [2.45, 2.75) is 33.4 Å². The van der Waals surface area contributed by atoms with Gasteiger partial charge in [-0.25, -0.2) is 0 Å². The van der Waals surface area contributed by atoms with Crippen LogP contribution in [0.2, 0.25) is 0 Å². The van der Waals surface area contributed by atoms with Crippen molar-refractivity contribution < 1.29 is 9.59 Å². The van der Waals surface area contributed by atoms with Gasteiger partial charge in [-0.3, -0.25) is 9.59 Å². The minimum atomic E-state index is -0.353. The number of nitrogens with one attached hydrogen (secondary N) is 1. The van der Waals surface area contributed by atoms with Crippen LogP contribution in [-0.4, -0.2) is 29.3 Å². The van der Waals surface area contributed by atoms with Gasteiger partial charge in [0.1, 0.15) is 6.04 Å². The van der Waals surface area contributed by atoms with Gasteiger partial charge in [-0.05, 0) is 25.0 Å². The fourth-order valence-electron chi connectivity index (χ4n) is 2.25. The first-order valence-electron chi connectivity index (χ1n) is 6.11. The number of rotatable bonds is 3. The van der Waals surface area contributed by atoms with Crippen molar-refractivity contribution in [3.8, 4) is 0 Å². The largest absolute Gasteiger partial charge is 0.345 e. The smallest absolute Gasteiger partial charge is 0.243 e. The summed E-state index contributed by atoms with van der Waals surface area (Å²) in [6.45, 7) is 6.63. The molecule has 1 saturated heterocycles. The Morgan fingerprint density at radius 1 is 1.44 bits per heavy atom. The Labute approximate surface area is 111 Å². The lowest BCUT2D eigenvalue weighted by molar-refractivity contribution is -0.148. The van der Waals surface area contributed by atoms with Crippen molar-refractivity contribution >= 4 is 23.2 Å². The minimum Gasteiger partial charge on any atom is -0.345 e. The maximum atomic E-state index is 12.0. The van der Waals surface area contributed by atoms with Crippen LogP contribution in [0.25, 0.3) is 0 Å². The SMILES string of the molecule is Cc1ccc(CN2C(=O)CNC(=O)C2C(C)C)s1. The summed E-state index contributed by atoms with van der Waals surface area (Å²) < 4.78 is 0. The third kappa shape index (κ3) is 2.56. The molecule has 1 aromatic heterocycles. The van der Waals surface area contributed by atoms with Crippen molar-refractivity contribution in [3.05, 3.63) is 21.9 Å². The number of amides is 2. The highest BCUT2D eigenvalue weighted by molar-refractivity contribution is 7.11. The lowest BCUT2D eigenvalue weighted by Gasteiger charge is -2.36. The maximum Gasteiger partial charge on any atom is 0.243 e. The quantitative estimate of drug-likeness (QED) is 0.902. The second kappa shape index (κ2) is 5.10. The molecule has 4 nitrogen and oxygen atoms in total. The van der Waals surface area contributed by atoms with Crippen molar-refractivity contribution in [3.63, 3.8) is 0 Å². The number of carbonyl (C=O) groups is 2. The van der Waals surface area contributed by atoms with Crippen LogP contribution in [0.4, 0.5) is 0 Å². The molecule has 98 valence electrons. The number of piperazine rings is 1. The van der Waals surface area contributed by atoms with Crippen LogP contribution in [0, 0.1) is 12.8 Å². The molecule has 2 heterocycles. The molecular formula is C13H18N2O2S. The van der Waals surface area contributed by atoms with E-state index in [0.29, 0.717) is 6.54 Å². The van der Waals surface area contributed by atoms with Gasteiger partial charge in [0.2, 0.25) is 11.8 Å². The van der Waals surface area contributed by atoms with Gasteiger partial charge in [0.15, 0.2) is 0 Å². The van der Waals surface area contributed by atoms with Crippen LogP contribution in [0.15, 0.2) is 12.1 Å². The maximum absolute atomic E-state index is 12.0. The lowest BCUT2D eigenvalue weighted by atomic mass is 9.99. The standard InChI is InChI=1S/C13H18N2O2S/c1-8(2)12-13(17)14-6-11(16)15(12)7-10-5-4-9(3)18-10/h4-5,8,12H,6-7H2,1-3H3,(H,14,17). The molecule has 1 aliphatic rings. The number of hydrogen-bond acceptors (Lipinski definition) is 3. The Bertz CT molecular complexity index is 467. The molecule has 0 aromatic carbocycles. The number of carbonyl (C=O) groups excluding carboxylic acids is 2. The van der Waals surface area contributed by atoms with Gasteiger partial charge >= 0.3 is 0 Å². The third-order valence-electron chi connectivity index (χ3n) is 3.09. The average Bonchev–Trinajstić information content (AvgIpc) is 2.69. The molecule has 1 fully saturated rings. The van der Waals surface area contributed by atoms with E-state index in [1.54, 1.807) is 16.2 Å². The van der Waals surface area contributed by atoms with Gasteiger partial charge in [-0.1, -0.05) is 13.8 Å². The van der Waals surface area contributed by atoms with E-state index >= 15 is 0 Å². The molecule has 1 unspecified atom stereocenters. The highest BCUT2D eigenvalue weighted by Crippen LogP contribution is 2.22. The van der Waals surface area contributed by atoms with Gasteiger partial charge in [-0.2, -0.15) is 0 Å². The Morgan fingerprint density at radius 2 is 2.17 bits per heavy atom. The van der Waals surface area contributed by atoms with Crippen LogP contribution in [0.5, 0.6) is 0 Å². The highest BCUT2D eigenvalue weighted by atomic mass is 32.1. The molecular weight excluding hydrogens is 248 g/mol. The summed E-state index contributed by atoms with van der Waals surface area (Å²) in [6.07, 6.45) is 0. The fourth-order valence-corrected chi connectivity index (χ4v) is 3.14. The normalized spacial score (nSPS) is 20.4. The summed E-state index contributed by atoms with van der Waals surface area (Å²) in [6, 6.07) is 3.71. The second-order valence-corrected chi connectivity index (χ2v) is 6.31. The summed E-state index contributed by atoms with van der Waals surface area (Å²) in [5, 5.41) is 2.66. The summed E-state index contributed by atoms with van der Waals surface area (Å²) in [7, 11) is 0. The van der Waals surface area contributed by atoms with E-state index in [1.165, 1.54) is 4.88 Å². The second-order valence-electron chi connectivity index (χ2n) is 4.94. The van der Waals surface area contributed by atoms with Crippen LogP contribution < -0.4 is 5.32 Å². The fraction of sp³-hybridized carbons (Fsp3) is 0.538. The van der Waals surface area contributed by atoms with E-state index in [9.17, 15) is 9.59 Å². The zero-order valence-electron chi connectivity index (χ0n) is 10.9. The van der Waals surface area contributed by atoms with E-state index in [2.05, 4.69) is 5.32 Å². The number of aryl methyl sites for hydroxylation is 1. The first kappa shape index (κ1) is 13.1. The molecule has 0 saturated carbocycles. The van der Waals surface area contributed by atoms with E-state index in [-0.39, 0.29) is 30.3 Å². The Hall–Kier alpha value is -1.36. The molecule has 0 bridgehead atoms. The number of thiophene rings is 1. The molecule has 18 heavy (non-hydrogen) atoms. The van der Waals surface area contributed by atoms with Crippen LogP contribution in [-0.2, 0) is 16.1 Å². The van der Waals surface area contributed by atoms with Gasteiger partial charge in [0.25, 0.3) is 0 Å². The van der Waals surface area contributed by atoms with Crippen molar-refractivity contribution in [1.29, 1.82) is 0 Å². The zero-order valence-corrected chi connectivity index (χ0v) is 11.7. The highest BCUT2D eigenvalue weighted by Gasteiger charge is 2.36. The number of hydrogen-bond donors (Lipinski definition) is 1. The predicted molar refractivity (Wildman–Crippen MR) is 71.2 cm³/mol. The molecule has 1 aromatic rings. The van der Waals surface area contributed by atoms with Crippen LogP contribution in [0.1, 0.15) is 23.6 Å². The monoisotopic (exact) mass is 266 g/mol. The minimum absolute atomic E-state index is 0.000599. The molecule has 5 heteroatoms. The van der Waals surface area contributed by atoms with E-state index in [0.717, 1.165) is 4.88 Å². The van der Waals surface area contributed by atoms with Crippen molar-refractivity contribution in [2.24, 2.45) is 5.92 Å².